The van der Waals surface area contributed by atoms with Crippen molar-refractivity contribution in [2.24, 2.45) is 0 Å². The minimum absolute atomic E-state index is 0.0379. The van der Waals surface area contributed by atoms with Gasteiger partial charge in [-0.25, -0.2) is 0 Å². The van der Waals surface area contributed by atoms with Crippen LogP contribution in [0.2, 0.25) is 5.02 Å². The van der Waals surface area contributed by atoms with Gasteiger partial charge in [0.1, 0.15) is 5.57 Å². The standard InChI is InChI=1S/C22H22ClN3O3S/c1-13-10-15(14(2)25(13)12-18-4-3-9-29-18)11-19-20(27)24-22(30)26(21(19)28)17-7-5-16(23)6-8-17/h5-8,10-11,18H,3-4,9,12H2,1-2H3,(H,24,27,30)/b19-11+/t18-/m1/s1. The Labute approximate surface area is 185 Å². The van der Waals surface area contributed by atoms with Crippen LogP contribution in [0.4, 0.5) is 5.69 Å². The van der Waals surface area contributed by atoms with E-state index in [-0.39, 0.29) is 16.8 Å². The van der Waals surface area contributed by atoms with Gasteiger partial charge < -0.3 is 9.30 Å². The normalized spacial score (nSPS) is 20.9. The van der Waals surface area contributed by atoms with Gasteiger partial charge in [-0.1, -0.05) is 11.6 Å². The van der Waals surface area contributed by atoms with Gasteiger partial charge in [0.25, 0.3) is 11.8 Å². The number of ether oxygens (including phenoxy) is 1. The van der Waals surface area contributed by atoms with Gasteiger partial charge in [-0.2, -0.15) is 0 Å². The lowest BCUT2D eigenvalue weighted by molar-refractivity contribution is -0.122. The highest BCUT2D eigenvalue weighted by atomic mass is 35.5. The van der Waals surface area contributed by atoms with E-state index >= 15 is 0 Å². The number of nitrogens with zero attached hydrogens (tertiary/aromatic N) is 2. The van der Waals surface area contributed by atoms with Crippen LogP contribution in [-0.2, 0) is 20.9 Å². The van der Waals surface area contributed by atoms with Crippen molar-refractivity contribution in [2.45, 2.75) is 39.3 Å². The lowest BCUT2D eigenvalue weighted by Crippen LogP contribution is -2.54. The van der Waals surface area contributed by atoms with Crippen LogP contribution in [0.1, 0.15) is 29.8 Å². The fraction of sp³-hybridized carbons (Fsp3) is 0.318. The molecule has 2 saturated heterocycles. The van der Waals surface area contributed by atoms with E-state index in [9.17, 15) is 9.59 Å². The fourth-order valence-electron chi connectivity index (χ4n) is 3.88. The molecular formula is C22H22ClN3O3S. The number of aromatic nitrogens is 1. The molecule has 0 spiro atoms. The summed E-state index contributed by atoms with van der Waals surface area (Å²) in [6.07, 6.45) is 3.96. The van der Waals surface area contributed by atoms with Gasteiger partial charge in [-0.05, 0) is 80.9 Å². The molecule has 8 heteroatoms. The Hall–Kier alpha value is -2.48. The highest BCUT2D eigenvalue weighted by molar-refractivity contribution is 7.80. The Morgan fingerprint density at radius 2 is 2.00 bits per heavy atom. The molecule has 2 aromatic rings. The Morgan fingerprint density at radius 3 is 2.67 bits per heavy atom. The highest BCUT2D eigenvalue weighted by Gasteiger charge is 2.34. The van der Waals surface area contributed by atoms with Gasteiger partial charge in [0.2, 0.25) is 0 Å². The fourth-order valence-corrected chi connectivity index (χ4v) is 4.29. The number of thiocarbonyl (C=S) groups is 1. The third-order valence-electron chi connectivity index (χ3n) is 5.51. The second-order valence-corrected chi connectivity index (χ2v) is 8.33. The van der Waals surface area contributed by atoms with Crippen LogP contribution >= 0.6 is 23.8 Å². The minimum Gasteiger partial charge on any atom is -0.376 e. The van der Waals surface area contributed by atoms with Gasteiger partial charge in [-0.3, -0.25) is 19.8 Å². The number of carbonyl (C=O) groups is 2. The zero-order valence-corrected chi connectivity index (χ0v) is 18.3. The number of aryl methyl sites for hydroxylation is 1. The lowest BCUT2D eigenvalue weighted by atomic mass is 10.1. The first-order chi connectivity index (χ1) is 14.3. The Balaban J connectivity index is 1.66. The molecule has 0 saturated carbocycles. The summed E-state index contributed by atoms with van der Waals surface area (Å²) in [4.78, 5) is 27.0. The summed E-state index contributed by atoms with van der Waals surface area (Å²) in [6.45, 7) is 5.57. The molecule has 3 heterocycles. The molecule has 1 atom stereocenters. The van der Waals surface area contributed by atoms with Crippen LogP contribution in [0, 0.1) is 13.8 Å². The van der Waals surface area contributed by atoms with Crippen molar-refractivity contribution in [1.82, 2.24) is 9.88 Å². The summed E-state index contributed by atoms with van der Waals surface area (Å²) in [7, 11) is 0. The summed E-state index contributed by atoms with van der Waals surface area (Å²) < 4.78 is 7.93. The first kappa shape index (κ1) is 20.8. The van der Waals surface area contributed by atoms with Crippen LogP contribution in [-0.4, -0.2) is 34.2 Å². The summed E-state index contributed by atoms with van der Waals surface area (Å²) in [5, 5.41) is 3.21. The predicted octanol–water partition coefficient (Wildman–Crippen LogP) is 3.77. The number of benzene rings is 1. The third-order valence-corrected chi connectivity index (χ3v) is 6.05. The average molecular weight is 444 g/mol. The maximum absolute atomic E-state index is 13.2. The van der Waals surface area contributed by atoms with E-state index < -0.39 is 11.8 Å². The van der Waals surface area contributed by atoms with E-state index in [0.717, 1.165) is 42.9 Å². The largest absolute Gasteiger partial charge is 0.376 e. The predicted molar refractivity (Wildman–Crippen MR) is 121 cm³/mol. The molecule has 1 aromatic carbocycles. The van der Waals surface area contributed by atoms with E-state index in [1.165, 1.54) is 4.90 Å². The molecule has 0 aliphatic carbocycles. The number of carbonyl (C=O) groups excluding carboxylic acids is 2. The Morgan fingerprint density at radius 1 is 1.27 bits per heavy atom. The first-order valence-corrected chi connectivity index (χ1v) is 10.6. The molecule has 6 nitrogen and oxygen atoms in total. The van der Waals surface area contributed by atoms with E-state index in [1.807, 2.05) is 19.9 Å². The molecule has 4 rings (SSSR count). The zero-order valence-electron chi connectivity index (χ0n) is 16.8. The quantitative estimate of drug-likeness (QED) is 0.444. The van der Waals surface area contributed by atoms with Crippen LogP contribution in [0.3, 0.4) is 0 Å². The molecular weight excluding hydrogens is 422 g/mol. The van der Waals surface area contributed by atoms with Gasteiger partial charge in [0.15, 0.2) is 5.11 Å². The number of hydrogen-bond acceptors (Lipinski definition) is 4. The summed E-state index contributed by atoms with van der Waals surface area (Å²) >= 11 is 11.2. The number of amides is 2. The summed E-state index contributed by atoms with van der Waals surface area (Å²) in [6, 6.07) is 8.71. The van der Waals surface area contributed by atoms with Gasteiger partial charge in [0, 0.05) is 29.6 Å². The monoisotopic (exact) mass is 443 g/mol. The van der Waals surface area contributed by atoms with Crippen molar-refractivity contribution in [3.63, 3.8) is 0 Å². The molecule has 0 unspecified atom stereocenters. The van der Waals surface area contributed by atoms with Crippen molar-refractivity contribution >= 4 is 52.5 Å². The van der Waals surface area contributed by atoms with Crippen molar-refractivity contribution in [1.29, 1.82) is 0 Å². The number of anilines is 1. The number of hydrogen-bond donors (Lipinski definition) is 1. The van der Waals surface area contributed by atoms with Crippen molar-refractivity contribution in [3.05, 3.63) is 57.9 Å². The maximum Gasteiger partial charge on any atom is 0.270 e. The first-order valence-electron chi connectivity index (χ1n) is 9.80. The smallest absolute Gasteiger partial charge is 0.270 e. The molecule has 156 valence electrons. The van der Waals surface area contributed by atoms with Gasteiger partial charge in [-0.15, -0.1) is 0 Å². The van der Waals surface area contributed by atoms with Crippen LogP contribution in [0.15, 0.2) is 35.9 Å². The van der Waals surface area contributed by atoms with Crippen molar-refractivity contribution < 1.29 is 14.3 Å². The van der Waals surface area contributed by atoms with Crippen molar-refractivity contribution in [3.8, 4) is 0 Å². The molecule has 2 aliphatic heterocycles. The topological polar surface area (TPSA) is 63.6 Å². The SMILES string of the molecule is Cc1cc(/C=C2\C(=O)NC(=S)N(c3ccc(Cl)cc3)C2=O)c(C)n1C[C@H]1CCCO1. The molecule has 2 fully saturated rings. The van der Waals surface area contributed by atoms with E-state index in [2.05, 4.69) is 9.88 Å². The number of nitrogens with one attached hydrogen (secondary N) is 1. The average Bonchev–Trinajstić information content (AvgIpc) is 3.30. The third kappa shape index (κ3) is 3.93. The van der Waals surface area contributed by atoms with Gasteiger partial charge >= 0.3 is 0 Å². The van der Waals surface area contributed by atoms with Crippen LogP contribution < -0.4 is 10.2 Å². The number of rotatable bonds is 4. The Kier molecular flexibility index (Phi) is 5.77. The highest BCUT2D eigenvalue weighted by Crippen LogP contribution is 2.26. The minimum atomic E-state index is -0.501. The molecule has 0 bridgehead atoms. The molecule has 2 aliphatic rings. The maximum atomic E-state index is 13.2. The van der Waals surface area contributed by atoms with Gasteiger partial charge in [0.05, 0.1) is 11.8 Å². The van der Waals surface area contributed by atoms with E-state index in [4.69, 9.17) is 28.6 Å². The van der Waals surface area contributed by atoms with E-state index in [1.54, 1.807) is 30.3 Å². The summed E-state index contributed by atoms with van der Waals surface area (Å²) in [5.41, 5.74) is 3.46. The summed E-state index contributed by atoms with van der Waals surface area (Å²) in [5.74, 6) is -0.964. The molecule has 1 aromatic heterocycles. The number of halogens is 1. The van der Waals surface area contributed by atoms with E-state index in [0.29, 0.717) is 10.7 Å². The van der Waals surface area contributed by atoms with Crippen molar-refractivity contribution in [2.75, 3.05) is 11.5 Å². The molecule has 0 radical (unpaired) electrons. The zero-order chi connectivity index (χ0) is 21.4. The second-order valence-electron chi connectivity index (χ2n) is 7.51. The lowest BCUT2D eigenvalue weighted by Gasteiger charge is -2.29. The van der Waals surface area contributed by atoms with Crippen LogP contribution in [0.25, 0.3) is 6.08 Å². The molecule has 1 N–H and O–H groups in total. The second kappa shape index (κ2) is 8.34. The Bertz CT molecular complexity index is 1050. The molecule has 2 amide bonds. The van der Waals surface area contributed by atoms with Crippen LogP contribution in [0.5, 0.6) is 0 Å². The molecule has 30 heavy (non-hydrogen) atoms.